The van der Waals surface area contributed by atoms with Crippen molar-refractivity contribution < 1.29 is 28.9 Å². The van der Waals surface area contributed by atoms with Gasteiger partial charge in [0.1, 0.15) is 12.6 Å². The first-order valence-electron chi connectivity index (χ1n) is 14.4. The van der Waals surface area contributed by atoms with Gasteiger partial charge in [0, 0.05) is 24.4 Å². The number of rotatable bonds is 12. The second kappa shape index (κ2) is 12.9. The maximum absolute atomic E-state index is 13.9. The van der Waals surface area contributed by atoms with Gasteiger partial charge in [0.15, 0.2) is 11.5 Å². The zero-order valence-corrected chi connectivity index (χ0v) is 24.4. The molecule has 40 heavy (non-hydrogen) atoms. The number of aliphatic hydroxyl groups is 1. The molecule has 1 heterocycles. The normalized spacial score (nSPS) is 22.1. The number of ether oxygens (including phenoxy) is 3. The molecule has 0 bridgehead atoms. The van der Waals surface area contributed by atoms with Crippen LogP contribution in [0.3, 0.4) is 0 Å². The Hall–Kier alpha value is -3.26. The molecule has 2 aliphatic rings. The molecule has 0 radical (unpaired) electrons. The van der Waals surface area contributed by atoms with Crippen molar-refractivity contribution in [2.45, 2.75) is 71.6 Å². The van der Waals surface area contributed by atoms with E-state index in [4.69, 9.17) is 14.2 Å². The summed E-state index contributed by atoms with van der Waals surface area (Å²) in [6.07, 6.45) is 1.57. The molecule has 8 heteroatoms. The minimum atomic E-state index is -0.728. The summed E-state index contributed by atoms with van der Waals surface area (Å²) in [4.78, 5) is 28.3. The van der Waals surface area contributed by atoms with Crippen molar-refractivity contribution in [3.63, 3.8) is 0 Å². The van der Waals surface area contributed by atoms with Crippen LogP contribution in [-0.4, -0.2) is 61.0 Å². The molecule has 1 saturated heterocycles. The van der Waals surface area contributed by atoms with E-state index in [0.717, 1.165) is 11.1 Å². The third-order valence-corrected chi connectivity index (χ3v) is 8.27. The molecule has 2 amide bonds. The number of hydrogen-bond donors (Lipinski definition) is 2. The van der Waals surface area contributed by atoms with Crippen LogP contribution in [0.1, 0.15) is 64.0 Å². The Bertz CT molecular complexity index is 1150. The number of amides is 2. The first kappa shape index (κ1) is 29.7. The summed E-state index contributed by atoms with van der Waals surface area (Å²) in [5, 5.41) is 13.7. The van der Waals surface area contributed by atoms with Gasteiger partial charge in [0.2, 0.25) is 5.91 Å². The zero-order valence-electron chi connectivity index (χ0n) is 24.4. The number of likely N-dealkylation sites (tertiary alicyclic amines) is 1. The molecule has 8 nitrogen and oxygen atoms in total. The average molecular weight is 553 g/mol. The first-order chi connectivity index (χ1) is 19.1. The van der Waals surface area contributed by atoms with Gasteiger partial charge in [-0.3, -0.25) is 4.79 Å². The highest BCUT2D eigenvalue weighted by Crippen LogP contribution is 2.47. The summed E-state index contributed by atoms with van der Waals surface area (Å²) in [6, 6.07) is 14.6. The lowest BCUT2D eigenvalue weighted by Crippen LogP contribution is -2.49. The van der Waals surface area contributed by atoms with E-state index in [-0.39, 0.29) is 24.3 Å². The van der Waals surface area contributed by atoms with Gasteiger partial charge in [-0.05, 0) is 61.3 Å². The Balaban J connectivity index is 1.50. The van der Waals surface area contributed by atoms with E-state index in [2.05, 4.69) is 5.32 Å². The number of carbonyl (C=O) groups is 2. The number of benzene rings is 2. The van der Waals surface area contributed by atoms with Crippen molar-refractivity contribution in [2.24, 2.45) is 17.3 Å². The van der Waals surface area contributed by atoms with E-state index in [1.54, 1.807) is 18.9 Å². The van der Waals surface area contributed by atoms with Crippen LogP contribution >= 0.6 is 0 Å². The molecule has 2 N–H and O–H groups in total. The van der Waals surface area contributed by atoms with E-state index in [1.165, 1.54) is 12.8 Å². The van der Waals surface area contributed by atoms with Crippen LogP contribution in [0.15, 0.2) is 48.5 Å². The monoisotopic (exact) mass is 552 g/mol. The molecular weight excluding hydrogens is 508 g/mol. The number of nitrogens with one attached hydrogen (secondary N) is 1. The highest BCUT2D eigenvalue weighted by Gasteiger charge is 2.49. The van der Waals surface area contributed by atoms with Gasteiger partial charge in [-0.25, -0.2) is 4.79 Å². The lowest BCUT2D eigenvalue weighted by Gasteiger charge is -2.34. The van der Waals surface area contributed by atoms with Crippen molar-refractivity contribution in [2.75, 3.05) is 26.8 Å². The Morgan fingerprint density at radius 3 is 2.45 bits per heavy atom. The van der Waals surface area contributed by atoms with E-state index in [9.17, 15) is 14.7 Å². The molecule has 218 valence electrons. The van der Waals surface area contributed by atoms with Gasteiger partial charge in [0.05, 0.1) is 19.8 Å². The largest absolute Gasteiger partial charge is 0.493 e. The van der Waals surface area contributed by atoms with Crippen LogP contribution in [0.4, 0.5) is 4.79 Å². The Kier molecular flexibility index (Phi) is 9.61. The molecule has 4 rings (SSSR count). The van der Waals surface area contributed by atoms with Gasteiger partial charge in [0.25, 0.3) is 0 Å². The lowest BCUT2D eigenvalue weighted by atomic mass is 9.72. The van der Waals surface area contributed by atoms with Gasteiger partial charge in [-0.1, -0.05) is 57.2 Å². The minimum Gasteiger partial charge on any atom is -0.493 e. The number of alkyl carbamates (subject to hydrolysis) is 1. The second-order valence-corrected chi connectivity index (χ2v) is 12.0. The van der Waals surface area contributed by atoms with Crippen molar-refractivity contribution in [3.8, 4) is 11.5 Å². The van der Waals surface area contributed by atoms with Crippen LogP contribution in [0.5, 0.6) is 11.5 Å². The molecule has 0 aromatic heterocycles. The van der Waals surface area contributed by atoms with Crippen molar-refractivity contribution in [1.82, 2.24) is 10.2 Å². The summed E-state index contributed by atoms with van der Waals surface area (Å²) in [5.41, 5.74) is 1.27. The van der Waals surface area contributed by atoms with Crippen LogP contribution in [0, 0.1) is 17.3 Å². The quantitative estimate of drug-likeness (QED) is 0.379. The molecule has 0 spiro atoms. The number of methoxy groups -OCH3 is 1. The van der Waals surface area contributed by atoms with Crippen molar-refractivity contribution in [3.05, 3.63) is 59.7 Å². The molecular formula is C32H44N2O6. The zero-order chi connectivity index (χ0) is 28.9. The van der Waals surface area contributed by atoms with Gasteiger partial charge in [-0.15, -0.1) is 0 Å². The molecule has 1 saturated carbocycles. The van der Waals surface area contributed by atoms with Crippen LogP contribution in [0.25, 0.3) is 0 Å². The first-order valence-corrected chi connectivity index (χ1v) is 14.4. The second-order valence-electron chi connectivity index (χ2n) is 12.0. The van der Waals surface area contributed by atoms with Crippen molar-refractivity contribution in [1.29, 1.82) is 0 Å². The van der Waals surface area contributed by atoms with Gasteiger partial charge in [-0.2, -0.15) is 0 Å². The average Bonchev–Trinajstić information content (AvgIpc) is 3.70. The predicted molar refractivity (Wildman–Crippen MR) is 153 cm³/mol. The fraction of sp³-hybridized carbons (Fsp3) is 0.562. The Morgan fingerprint density at radius 2 is 1.82 bits per heavy atom. The van der Waals surface area contributed by atoms with E-state index < -0.39 is 23.7 Å². The van der Waals surface area contributed by atoms with Crippen molar-refractivity contribution >= 4 is 12.0 Å². The smallest absolute Gasteiger partial charge is 0.408 e. The number of aliphatic hydroxyl groups excluding tert-OH is 1. The van der Waals surface area contributed by atoms with Gasteiger partial charge < -0.3 is 29.5 Å². The predicted octanol–water partition coefficient (Wildman–Crippen LogP) is 5.14. The fourth-order valence-electron chi connectivity index (χ4n) is 5.43. The third kappa shape index (κ3) is 7.27. The van der Waals surface area contributed by atoms with E-state index in [1.807, 2.05) is 69.3 Å². The molecule has 1 aliphatic carbocycles. The molecule has 2 fully saturated rings. The highest BCUT2D eigenvalue weighted by atomic mass is 16.5. The standard InChI is InChI=1S/C32H44N2O6/c1-21(2)15-27(33-31(37)40-19-23-9-7-6-8-10-23)30(36)34-17-26(32(4,20-34)22(3)35)25-13-14-28(38-5)29(16-25)39-18-24-11-12-24/h6-10,13-14,16,21-22,24,26-27,35H,11-12,15,17-20H2,1-5H3,(H,33,37)/t22-,26+,27-,32+/m1/s1. The summed E-state index contributed by atoms with van der Waals surface area (Å²) in [5.74, 6) is 1.83. The summed E-state index contributed by atoms with van der Waals surface area (Å²) < 4.78 is 17.1. The maximum Gasteiger partial charge on any atom is 0.408 e. The van der Waals surface area contributed by atoms with E-state index >= 15 is 0 Å². The number of carbonyl (C=O) groups excluding carboxylic acids is 2. The van der Waals surface area contributed by atoms with E-state index in [0.29, 0.717) is 43.5 Å². The Morgan fingerprint density at radius 1 is 1.10 bits per heavy atom. The number of hydrogen-bond acceptors (Lipinski definition) is 6. The molecule has 0 unspecified atom stereocenters. The highest BCUT2D eigenvalue weighted by molar-refractivity contribution is 5.86. The fourth-order valence-corrected chi connectivity index (χ4v) is 5.43. The topological polar surface area (TPSA) is 97.3 Å². The molecule has 4 atom stereocenters. The maximum atomic E-state index is 13.9. The van der Waals surface area contributed by atoms with Crippen LogP contribution in [-0.2, 0) is 16.1 Å². The molecule has 2 aromatic rings. The lowest BCUT2D eigenvalue weighted by molar-refractivity contribution is -0.133. The van der Waals surface area contributed by atoms with Crippen LogP contribution in [0.2, 0.25) is 0 Å². The Labute approximate surface area is 238 Å². The number of nitrogens with zero attached hydrogens (tertiary/aromatic N) is 1. The SMILES string of the molecule is COc1ccc([C@@H]2CN(C(=O)[C@@H](CC(C)C)NC(=O)OCc3ccccc3)C[C@@]2(C)[C@@H](C)O)cc1OCC1CC1. The summed E-state index contributed by atoms with van der Waals surface area (Å²) in [6.45, 7) is 9.41. The summed E-state index contributed by atoms with van der Waals surface area (Å²) >= 11 is 0. The molecule has 2 aromatic carbocycles. The minimum absolute atomic E-state index is 0.129. The van der Waals surface area contributed by atoms with Crippen LogP contribution < -0.4 is 14.8 Å². The van der Waals surface area contributed by atoms with Gasteiger partial charge >= 0.3 is 6.09 Å². The molecule has 1 aliphatic heterocycles. The summed E-state index contributed by atoms with van der Waals surface area (Å²) in [7, 11) is 1.63. The third-order valence-electron chi connectivity index (χ3n) is 8.27.